The largest absolute Gasteiger partial charge is 0.354 e. The average Bonchev–Trinajstić information content (AvgIpc) is 2.15. The van der Waals surface area contributed by atoms with Crippen molar-refractivity contribution in [2.24, 2.45) is 5.92 Å². The van der Waals surface area contributed by atoms with Crippen molar-refractivity contribution in [1.29, 1.82) is 5.26 Å². The summed E-state index contributed by atoms with van der Waals surface area (Å²) in [4.78, 5) is 23.7. The Morgan fingerprint density at radius 2 is 2.07 bits per heavy atom. The lowest BCUT2D eigenvalue weighted by atomic mass is 10.2. The molecule has 15 heavy (non-hydrogen) atoms. The lowest BCUT2D eigenvalue weighted by molar-refractivity contribution is -0.134. The molecule has 84 valence electrons. The van der Waals surface area contributed by atoms with Crippen LogP contribution >= 0.6 is 0 Å². The molecule has 0 fully saturated rings. The Labute approximate surface area is 90.0 Å². The summed E-state index contributed by atoms with van der Waals surface area (Å²) in [7, 11) is 1.51. The van der Waals surface area contributed by atoms with Crippen molar-refractivity contribution in [3.63, 3.8) is 0 Å². The van der Waals surface area contributed by atoms with Gasteiger partial charge >= 0.3 is 0 Å². The molecule has 0 rings (SSSR count). The van der Waals surface area contributed by atoms with Gasteiger partial charge in [0, 0.05) is 13.6 Å². The molecule has 0 heterocycles. The highest BCUT2D eigenvalue weighted by atomic mass is 16.2. The summed E-state index contributed by atoms with van der Waals surface area (Å²) >= 11 is 0. The van der Waals surface area contributed by atoms with E-state index in [1.807, 2.05) is 13.8 Å². The van der Waals surface area contributed by atoms with Gasteiger partial charge in [0.1, 0.15) is 6.42 Å². The second-order valence-electron chi connectivity index (χ2n) is 3.78. The van der Waals surface area contributed by atoms with E-state index in [0.29, 0.717) is 12.5 Å². The van der Waals surface area contributed by atoms with Crippen molar-refractivity contribution < 1.29 is 9.59 Å². The van der Waals surface area contributed by atoms with Gasteiger partial charge in [0.25, 0.3) is 0 Å². The number of nitriles is 1. The van der Waals surface area contributed by atoms with Crippen LogP contribution < -0.4 is 5.32 Å². The molecule has 0 aliphatic heterocycles. The van der Waals surface area contributed by atoms with Gasteiger partial charge in [-0.1, -0.05) is 13.8 Å². The number of carbonyl (C=O) groups excluding carboxylic acids is 2. The highest BCUT2D eigenvalue weighted by Crippen LogP contribution is 1.91. The fourth-order valence-electron chi connectivity index (χ4n) is 0.880. The SMILES string of the molecule is CC(C)CNC(=O)CN(C)C(=O)CC#N. The normalized spacial score (nSPS) is 9.53. The number of rotatable bonds is 5. The maximum atomic E-state index is 11.3. The zero-order valence-corrected chi connectivity index (χ0v) is 9.41. The monoisotopic (exact) mass is 211 g/mol. The van der Waals surface area contributed by atoms with Crippen LogP contribution in [0.4, 0.5) is 0 Å². The standard InChI is InChI=1S/C10H17N3O2/c1-8(2)6-12-9(14)7-13(3)10(15)4-5-11/h8H,4,6-7H2,1-3H3,(H,12,14). The number of carbonyl (C=O) groups is 2. The van der Waals surface area contributed by atoms with Crippen molar-refractivity contribution in [3.8, 4) is 6.07 Å². The van der Waals surface area contributed by atoms with Gasteiger partial charge in [0.2, 0.25) is 11.8 Å². The molecule has 0 aromatic carbocycles. The molecule has 0 bridgehead atoms. The second-order valence-corrected chi connectivity index (χ2v) is 3.78. The number of nitrogens with one attached hydrogen (secondary N) is 1. The third-order valence-corrected chi connectivity index (χ3v) is 1.74. The minimum Gasteiger partial charge on any atom is -0.354 e. The zero-order chi connectivity index (χ0) is 11.8. The minimum absolute atomic E-state index is 0.00718. The molecule has 5 nitrogen and oxygen atoms in total. The van der Waals surface area contributed by atoms with Crippen LogP contribution in [-0.4, -0.2) is 36.9 Å². The van der Waals surface area contributed by atoms with Crippen LogP contribution in [0.1, 0.15) is 20.3 Å². The van der Waals surface area contributed by atoms with Crippen LogP contribution in [0.25, 0.3) is 0 Å². The van der Waals surface area contributed by atoms with Gasteiger partial charge in [-0.05, 0) is 5.92 Å². The van der Waals surface area contributed by atoms with Crippen molar-refractivity contribution in [3.05, 3.63) is 0 Å². The molecule has 0 saturated carbocycles. The predicted octanol–water partition coefficient (Wildman–Crippen LogP) is 0.131. The fraction of sp³-hybridized carbons (Fsp3) is 0.700. The second kappa shape index (κ2) is 6.82. The van der Waals surface area contributed by atoms with Crippen LogP contribution in [0.2, 0.25) is 0 Å². The summed E-state index contributed by atoms with van der Waals surface area (Å²) in [5, 5.41) is 11.0. The topological polar surface area (TPSA) is 73.2 Å². The Balaban J connectivity index is 3.86. The summed E-state index contributed by atoms with van der Waals surface area (Å²) in [6.07, 6.45) is -0.187. The molecule has 0 aliphatic carbocycles. The van der Waals surface area contributed by atoms with Gasteiger partial charge in [-0.2, -0.15) is 5.26 Å². The van der Waals surface area contributed by atoms with E-state index < -0.39 is 0 Å². The van der Waals surface area contributed by atoms with Crippen LogP contribution in [0.5, 0.6) is 0 Å². The van der Waals surface area contributed by atoms with E-state index in [9.17, 15) is 9.59 Å². The molecular weight excluding hydrogens is 194 g/mol. The fourth-order valence-corrected chi connectivity index (χ4v) is 0.880. The summed E-state index contributed by atoms with van der Waals surface area (Å²) in [6, 6.07) is 1.75. The lowest BCUT2D eigenvalue weighted by Crippen LogP contribution is -2.39. The van der Waals surface area contributed by atoms with E-state index in [4.69, 9.17) is 5.26 Å². The van der Waals surface area contributed by atoms with Crippen molar-refractivity contribution in [1.82, 2.24) is 10.2 Å². The van der Waals surface area contributed by atoms with Crippen LogP contribution in [0.3, 0.4) is 0 Å². The lowest BCUT2D eigenvalue weighted by Gasteiger charge is -2.15. The third-order valence-electron chi connectivity index (χ3n) is 1.74. The average molecular weight is 211 g/mol. The molecule has 2 amide bonds. The first kappa shape index (κ1) is 13.4. The molecule has 5 heteroatoms. The summed E-state index contributed by atoms with van der Waals surface area (Å²) in [6.45, 7) is 4.59. The van der Waals surface area contributed by atoms with E-state index in [-0.39, 0.29) is 24.8 Å². The van der Waals surface area contributed by atoms with Crippen LogP contribution in [0.15, 0.2) is 0 Å². The Morgan fingerprint density at radius 3 is 2.53 bits per heavy atom. The molecule has 1 N–H and O–H groups in total. The van der Waals surface area contributed by atoms with E-state index in [2.05, 4.69) is 5.32 Å². The molecule has 0 radical (unpaired) electrons. The number of hydrogen-bond donors (Lipinski definition) is 1. The maximum absolute atomic E-state index is 11.3. The molecule has 0 spiro atoms. The highest BCUT2D eigenvalue weighted by Gasteiger charge is 2.11. The van der Waals surface area contributed by atoms with E-state index in [0.717, 1.165) is 0 Å². The molecule has 0 aromatic heterocycles. The predicted molar refractivity (Wildman–Crippen MR) is 55.7 cm³/mol. The third kappa shape index (κ3) is 6.49. The smallest absolute Gasteiger partial charge is 0.239 e. The Hall–Kier alpha value is -1.57. The Morgan fingerprint density at radius 1 is 1.47 bits per heavy atom. The van der Waals surface area contributed by atoms with Crippen LogP contribution in [-0.2, 0) is 9.59 Å². The van der Waals surface area contributed by atoms with Gasteiger partial charge < -0.3 is 10.2 Å². The van der Waals surface area contributed by atoms with Gasteiger partial charge in [-0.15, -0.1) is 0 Å². The maximum Gasteiger partial charge on any atom is 0.239 e. The molecule has 0 atom stereocenters. The number of hydrogen-bond acceptors (Lipinski definition) is 3. The van der Waals surface area contributed by atoms with Crippen molar-refractivity contribution in [2.45, 2.75) is 20.3 Å². The quantitative estimate of drug-likeness (QED) is 0.702. The van der Waals surface area contributed by atoms with E-state index in [1.54, 1.807) is 6.07 Å². The Kier molecular flexibility index (Phi) is 6.11. The van der Waals surface area contributed by atoms with Gasteiger partial charge in [-0.25, -0.2) is 0 Å². The van der Waals surface area contributed by atoms with Gasteiger partial charge in [0.15, 0.2) is 0 Å². The van der Waals surface area contributed by atoms with E-state index >= 15 is 0 Å². The van der Waals surface area contributed by atoms with Gasteiger partial charge in [0.05, 0.1) is 12.6 Å². The molecule has 0 aromatic rings. The van der Waals surface area contributed by atoms with Crippen LogP contribution in [0, 0.1) is 17.2 Å². The molecular formula is C10H17N3O2. The highest BCUT2D eigenvalue weighted by molar-refractivity contribution is 5.85. The first-order chi connectivity index (χ1) is 6.97. The molecule has 0 aliphatic rings. The zero-order valence-electron chi connectivity index (χ0n) is 9.41. The first-order valence-corrected chi connectivity index (χ1v) is 4.85. The molecule has 0 unspecified atom stereocenters. The summed E-state index contributed by atoms with van der Waals surface area (Å²) < 4.78 is 0. The summed E-state index contributed by atoms with van der Waals surface area (Å²) in [5.41, 5.74) is 0. The number of likely N-dealkylation sites (N-methyl/N-ethyl adjacent to an activating group) is 1. The summed E-state index contributed by atoms with van der Waals surface area (Å²) in [5.74, 6) is -0.149. The number of amides is 2. The van der Waals surface area contributed by atoms with E-state index in [1.165, 1.54) is 11.9 Å². The molecule has 0 saturated heterocycles. The first-order valence-electron chi connectivity index (χ1n) is 4.85. The van der Waals surface area contributed by atoms with Crippen molar-refractivity contribution in [2.75, 3.05) is 20.1 Å². The Bertz CT molecular complexity index is 268. The number of nitrogens with zero attached hydrogens (tertiary/aromatic N) is 2. The van der Waals surface area contributed by atoms with Crippen molar-refractivity contribution >= 4 is 11.8 Å². The minimum atomic E-state index is -0.336. The van der Waals surface area contributed by atoms with Gasteiger partial charge in [-0.3, -0.25) is 9.59 Å².